The van der Waals surface area contributed by atoms with E-state index in [0.29, 0.717) is 6.54 Å². The molecule has 0 saturated carbocycles. The molecule has 0 amide bonds. The van der Waals surface area contributed by atoms with Gasteiger partial charge in [-0.3, -0.25) is 0 Å². The molecule has 5 heteroatoms. The van der Waals surface area contributed by atoms with Crippen molar-refractivity contribution in [3.63, 3.8) is 0 Å². The molecule has 0 bridgehead atoms. The number of hydrogen-bond donors (Lipinski definition) is 2. The van der Waals surface area contributed by atoms with E-state index in [1.807, 2.05) is 6.07 Å². The minimum Gasteiger partial charge on any atom is -0.333 e. The summed E-state index contributed by atoms with van der Waals surface area (Å²) in [6.07, 6.45) is 0.884. The number of nitrogens with zero attached hydrogens (tertiary/aromatic N) is 1. The predicted octanol–water partition coefficient (Wildman–Crippen LogP) is 4.29. The molecule has 3 rings (SSSR count). The van der Waals surface area contributed by atoms with Crippen molar-refractivity contribution in [3.8, 4) is 0 Å². The van der Waals surface area contributed by atoms with E-state index in [4.69, 9.17) is 5.73 Å². The zero-order valence-corrected chi connectivity index (χ0v) is 14.1. The Morgan fingerprint density at radius 1 is 1.24 bits per heavy atom. The van der Waals surface area contributed by atoms with Gasteiger partial charge in [0.05, 0.1) is 11.0 Å². The summed E-state index contributed by atoms with van der Waals surface area (Å²) in [6.45, 7) is 2.74. The highest BCUT2D eigenvalue weighted by atomic mass is 79.9. The number of imidazole rings is 1. The van der Waals surface area contributed by atoms with Crippen molar-refractivity contribution in [3.05, 3.63) is 52.0 Å². The quantitative estimate of drug-likeness (QED) is 0.728. The fourth-order valence-electron chi connectivity index (χ4n) is 2.21. The van der Waals surface area contributed by atoms with Crippen molar-refractivity contribution in [1.29, 1.82) is 0 Å². The van der Waals surface area contributed by atoms with Crippen molar-refractivity contribution in [2.45, 2.75) is 23.4 Å². The van der Waals surface area contributed by atoms with Gasteiger partial charge < -0.3 is 10.7 Å². The van der Waals surface area contributed by atoms with E-state index in [1.165, 1.54) is 11.1 Å². The number of fused-ring (bicyclic) bond motifs is 1. The minimum absolute atomic E-state index is 0.661. The number of aromatic amines is 1. The van der Waals surface area contributed by atoms with Crippen LogP contribution >= 0.6 is 27.7 Å². The second-order valence-corrected chi connectivity index (χ2v) is 6.87. The number of aryl methyl sites for hydroxylation is 1. The molecule has 2 aromatic carbocycles. The molecule has 1 heterocycles. The average Bonchev–Trinajstić information content (AvgIpc) is 2.83. The molecule has 0 radical (unpaired) electrons. The smallest absolute Gasteiger partial charge is 0.171 e. The summed E-state index contributed by atoms with van der Waals surface area (Å²) in [5, 5.41) is 0.911. The van der Waals surface area contributed by atoms with Crippen LogP contribution in [0.2, 0.25) is 0 Å². The molecule has 108 valence electrons. The Balaban J connectivity index is 1.86. The van der Waals surface area contributed by atoms with E-state index in [0.717, 1.165) is 32.0 Å². The summed E-state index contributed by atoms with van der Waals surface area (Å²) in [4.78, 5) is 9.12. The van der Waals surface area contributed by atoms with Gasteiger partial charge in [-0.05, 0) is 55.3 Å². The molecule has 1 aromatic heterocycles. The van der Waals surface area contributed by atoms with E-state index in [-0.39, 0.29) is 0 Å². The van der Waals surface area contributed by atoms with Crippen LogP contribution in [-0.4, -0.2) is 16.5 Å². The van der Waals surface area contributed by atoms with E-state index in [1.54, 1.807) is 11.8 Å². The summed E-state index contributed by atoms with van der Waals surface area (Å²) in [6, 6.07) is 12.6. The van der Waals surface area contributed by atoms with Crippen LogP contribution in [0.15, 0.2) is 50.9 Å². The highest BCUT2D eigenvalue weighted by molar-refractivity contribution is 9.10. The van der Waals surface area contributed by atoms with Crippen LogP contribution < -0.4 is 5.73 Å². The Bertz CT molecular complexity index is 782. The van der Waals surface area contributed by atoms with Crippen LogP contribution in [0.4, 0.5) is 0 Å². The lowest BCUT2D eigenvalue weighted by Gasteiger charge is -2.05. The van der Waals surface area contributed by atoms with Gasteiger partial charge in [0.15, 0.2) is 5.16 Å². The second kappa shape index (κ2) is 6.22. The molecular formula is C16H16BrN3S. The number of H-pyrrole nitrogens is 1. The fourth-order valence-corrected chi connectivity index (χ4v) is 3.78. The Hall–Kier alpha value is -1.30. The van der Waals surface area contributed by atoms with Crippen LogP contribution in [0.3, 0.4) is 0 Å². The highest BCUT2D eigenvalue weighted by Crippen LogP contribution is 2.30. The van der Waals surface area contributed by atoms with Crippen LogP contribution in [-0.2, 0) is 6.42 Å². The topological polar surface area (TPSA) is 54.7 Å². The first-order valence-corrected chi connectivity index (χ1v) is 8.39. The molecule has 0 atom stereocenters. The highest BCUT2D eigenvalue weighted by Gasteiger charge is 2.07. The first-order chi connectivity index (χ1) is 10.2. The third-order valence-corrected chi connectivity index (χ3v) is 4.88. The van der Waals surface area contributed by atoms with Crippen molar-refractivity contribution in [1.82, 2.24) is 9.97 Å². The maximum atomic E-state index is 5.61. The lowest BCUT2D eigenvalue weighted by atomic mass is 10.1. The zero-order valence-electron chi connectivity index (χ0n) is 11.7. The maximum Gasteiger partial charge on any atom is 0.171 e. The van der Waals surface area contributed by atoms with Crippen LogP contribution in [0, 0.1) is 6.92 Å². The Morgan fingerprint density at radius 3 is 2.86 bits per heavy atom. The lowest BCUT2D eigenvalue weighted by molar-refractivity contribution is 0.960. The average molecular weight is 362 g/mol. The van der Waals surface area contributed by atoms with Gasteiger partial charge >= 0.3 is 0 Å². The normalized spacial score (nSPS) is 11.2. The zero-order chi connectivity index (χ0) is 14.8. The Kier molecular flexibility index (Phi) is 4.33. The largest absolute Gasteiger partial charge is 0.333 e. The van der Waals surface area contributed by atoms with E-state index in [9.17, 15) is 0 Å². The molecule has 0 unspecified atom stereocenters. The van der Waals surface area contributed by atoms with Crippen LogP contribution in [0.1, 0.15) is 11.1 Å². The standard InChI is InChI=1S/C16H16BrN3S/c1-10-2-5-14-15(8-10)20-16(19-14)21-12-4-3-11(6-7-18)13(17)9-12/h2-5,8-9H,6-7,18H2,1H3,(H,19,20). The van der Waals surface area contributed by atoms with Crippen molar-refractivity contribution < 1.29 is 0 Å². The first-order valence-electron chi connectivity index (χ1n) is 6.78. The Labute approximate surface area is 136 Å². The maximum absolute atomic E-state index is 5.61. The van der Waals surface area contributed by atoms with E-state index in [2.05, 4.69) is 63.2 Å². The van der Waals surface area contributed by atoms with Gasteiger partial charge in [0.25, 0.3) is 0 Å². The van der Waals surface area contributed by atoms with Gasteiger partial charge in [0.1, 0.15) is 0 Å². The SMILES string of the molecule is Cc1ccc2nc(Sc3ccc(CCN)c(Br)c3)[nH]c2c1. The van der Waals surface area contributed by atoms with Gasteiger partial charge in [0, 0.05) is 9.37 Å². The fraction of sp³-hybridized carbons (Fsp3) is 0.188. The third kappa shape index (κ3) is 3.31. The minimum atomic E-state index is 0.661. The Morgan fingerprint density at radius 2 is 2.10 bits per heavy atom. The molecule has 0 aliphatic heterocycles. The van der Waals surface area contributed by atoms with Crippen molar-refractivity contribution in [2.75, 3.05) is 6.54 Å². The van der Waals surface area contributed by atoms with Gasteiger partial charge in [-0.2, -0.15) is 0 Å². The second-order valence-electron chi connectivity index (χ2n) is 4.96. The van der Waals surface area contributed by atoms with E-state index < -0.39 is 0 Å². The molecule has 0 saturated heterocycles. The number of hydrogen-bond acceptors (Lipinski definition) is 3. The molecule has 0 spiro atoms. The van der Waals surface area contributed by atoms with Crippen LogP contribution in [0.5, 0.6) is 0 Å². The van der Waals surface area contributed by atoms with Gasteiger partial charge in [-0.15, -0.1) is 0 Å². The summed E-state index contributed by atoms with van der Waals surface area (Å²) in [5.41, 5.74) is 10.2. The summed E-state index contributed by atoms with van der Waals surface area (Å²) in [7, 11) is 0. The van der Waals surface area contributed by atoms with Crippen LogP contribution in [0.25, 0.3) is 11.0 Å². The summed E-state index contributed by atoms with van der Waals surface area (Å²) in [5.74, 6) is 0. The molecule has 0 aliphatic rings. The van der Waals surface area contributed by atoms with Gasteiger partial charge in [0.2, 0.25) is 0 Å². The predicted molar refractivity (Wildman–Crippen MR) is 91.9 cm³/mol. The lowest BCUT2D eigenvalue weighted by Crippen LogP contribution is -2.03. The molecule has 0 fully saturated rings. The number of aromatic nitrogens is 2. The molecule has 3 N–H and O–H groups in total. The van der Waals surface area contributed by atoms with Crippen molar-refractivity contribution in [2.24, 2.45) is 5.73 Å². The number of rotatable bonds is 4. The molecular weight excluding hydrogens is 346 g/mol. The number of halogens is 1. The van der Waals surface area contributed by atoms with Crippen molar-refractivity contribution >= 4 is 38.7 Å². The number of nitrogens with one attached hydrogen (secondary N) is 1. The molecule has 3 nitrogen and oxygen atoms in total. The molecule has 0 aliphatic carbocycles. The number of nitrogens with two attached hydrogens (primary N) is 1. The summed E-state index contributed by atoms with van der Waals surface area (Å²) < 4.78 is 1.10. The van der Waals surface area contributed by atoms with E-state index >= 15 is 0 Å². The monoisotopic (exact) mass is 361 g/mol. The van der Waals surface area contributed by atoms with Gasteiger partial charge in [-0.25, -0.2) is 4.98 Å². The number of benzene rings is 2. The first kappa shape index (κ1) is 14.6. The molecule has 3 aromatic rings. The van der Waals surface area contributed by atoms with Gasteiger partial charge in [-0.1, -0.05) is 39.8 Å². The third-order valence-electron chi connectivity index (χ3n) is 3.27. The molecule has 21 heavy (non-hydrogen) atoms. The summed E-state index contributed by atoms with van der Waals surface area (Å²) >= 11 is 5.24.